The van der Waals surface area contributed by atoms with E-state index in [1.165, 1.54) is 25.5 Å². The summed E-state index contributed by atoms with van der Waals surface area (Å²) in [5.74, 6) is 0.478. The van der Waals surface area contributed by atoms with E-state index in [1.54, 1.807) is 12.1 Å². The van der Waals surface area contributed by atoms with Crippen LogP contribution in [-0.4, -0.2) is 20.2 Å². The number of sulfonamides is 1. The minimum atomic E-state index is -3.55. The maximum atomic E-state index is 12.4. The van der Waals surface area contributed by atoms with E-state index in [1.807, 2.05) is 0 Å². The molecule has 21 heavy (non-hydrogen) atoms. The SMILES string of the molecule is CCC1CCCC(NS(=O)(=O)c2cccc(C(C)=O)c2)C1. The summed E-state index contributed by atoms with van der Waals surface area (Å²) < 4.78 is 27.7. The molecule has 1 aromatic rings. The second-order valence-electron chi connectivity index (χ2n) is 5.84. The van der Waals surface area contributed by atoms with E-state index < -0.39 is 10.0 Å². The molecule has 2 rings (SSSR count). The average Bonchev–Trinajstić information content (AvgIpc) is 2.47. The van der Waals surface area contributed by atoms with Crippen molar-refractivity contribution in [3.05, 3.63) is 29.8 Å². The van der Waals surface area contributed by atoms with Gasteiger partial charge in [0.2, 0.25) is 10.0 Å². The van der Waals surface area contributed by atoms with Crippen molar-refractivity contribution in [1.82, 2.24) is 4.72 Å². The Balaban J connectivity index is 2.14. The third-order valence-corrected chi connectivity index (χ3v) is 5.75. The van der Waals surface area contributed by atoms with Crippen molar-refractivity contribution in [1.29, 1.82) is 0 Å². The first-order valence-electron chi connectivity index (χ1n) is 7.55. The molecule has 0 amide bonds. The van der Waals surface area contributed by atoms with Crippen LogP contribution in [0, 0.1) is 5.92 Å². The fraction of sp³-hybridized carbons (Fsp3) is 0.562. The fourth-order valence-corrected chi connectivity index (χ4v) is 4.27. The highest BCUT2D eigenvalue weighted by Gasteiger charge is 2.25. The minimum Gasteiger partial charge on any atom is -0.295 e. The van der Waals surface area contributed by atoms with Gasteiger partial charge in [-0.15, -0.1) is 0 Å². The summed E-state index contributed by atoms with van der Waals surface area (Å²) in [6, 6.07) is 6.24. The van der Waals surface area contributed by atoms with Gasteiger partial charge in [-0.25, -0.2) is 13.1 Å². The largest absolute Gasteiger partial charge is 0.295 e. The third-order valence-electron chi connectivity index (χ3n) is 4.23. The summed E-state index contributed by atoms with van der Waals surface area (Å²) in [7, 11) is -3.55. The Kier molecular flexibility index (Phi) is 5.17. The summed E-state index contributed by atoms with van der Waals surface area (Å²) in [5, 5.41) is 0. The standard InChI is InChI=1S/C16H23NO3S/c1-3-13-6-4-8-15(10-13)17-21(19,20)16-9-5-7-14(11-16)12(2)18/h5,7,9,11,13,15,17H,3-4,6,8,10H2,1-2H3. The van der Waals surface area contributed by atoms with Gasteiger partial charge in [0, 0.05) is 11.6 Å². The van der Waals surface area contributed by atoms with Crippen molar-refractivity contribution in [3.63, 3.8) is 0 Å². The van der Waals surface area contributed by atoms with Crippen LogP contribution in [0.25, 0.3) is 0 Å². The predicted octanol–water partition coefficient (Wildman–Crippen LogP) is 3.14. The Morgan fingerprint density at radius 2 is 2.10 bits per heavy atom. The number of nitrogens with one attached hydrogen (secondary N) is 1. The lowest BCUT2D eigenvalue weighted by Gasteiger charge is -2.28. The highest BCUT2D eigenvalue weighted by molar-refractivity contribution is 7.89. The van der Waals surface area contributed by atoms with Crippen molar-refractivity contribution in [2.75, 3.05) is 0 Å². The van der Waals surface area contributed by atoms with Crippen molar-refractivity contribution in [2.24, 2.45) is 5.92 Å². The highest BCUT2D eigenvalue weighted by Crippen LogP contribution is 2.27. The van der Waals surface area contributed by atoms with Crippen LogP contribution in [0.2, 0.25) is 0 Å². The molecule has 0 aliphatic heterocycles. The van der Waals surface area contributed by atoms with Crippen molar-refractivity contribution in [2.45, 2.75) is 56.9 Å². The molecule has 0 bridgehead atoms. The molecule has 0 radical (unpaired) electrons. The number of hydrogen-bond donors (Lipinski definition) is 1. The van der Waals surface area contributed by atoms with Gasteiger partial charge < -0.3 is 0 Å². The number of benzene rings is 1. The smallest absolute Gasteiger partial charge is 0.240 e. The molecule has 1 saturated carbocycles. The zero-order valence-electron chi connectivity index (χ0n) is 12.6. The fourth-order valence-electron chi connectivity index (χ4n) is 2.94. The molecule has 116 valence electrons. The number of carbonyl (C=O) groups is 1. The quantitative estimate of drug-likeness (QED) is 0.850. The second kappa shape index (κ2) is 6.71. The second-order valence-corrected chi connectivity index (χ2v) is 7.56. The molecule has 1 N–H and O–H groups in total. The molecule has 1 aliphatic carbocycles. The van der Waals surface area contributed by atoms with Crippen LogP contribution < -0.4 is 4.72 Å². The molecule has 0 aromatic heterocycles. The van der Waals surface area contributed by atoms with E-state index in [9.17, 15) is 13.2 Å². The van der Waals surface area contributed by atoms with Crippen molar-refractivity contribution in [3.8, 4) is 0 Å². The Labute approximate surface area is 127 Å². The van der Waals surface area contributed by atoms with Gasteiger partial charge in [-0.3, -0.25) is 4.79 Å². The van der Waals surface area contributed by atoms with Crippen molar-refractivity contribution >= 4 is 15.8 Å². The lowest BCUT2D eigenvalue weighted by molar-refractivity contribution is 0.101. The van der Waals surface area contributed by atoms with Crippen LogP contribution in [-0.2, 0) is 10.0 Å². The van der Waals surface area contributed by atoms with Gasteiger partial charge in [-0.1, -0.05) is 38.3 Å². The lowest BCUT2D eigenvalue weighted by atomic mass is 9.85. The van der Waals surface area contributed by atoms with Gasteiger partial charge in [0.05, 0.1) is 4.90 Å². The number of rotatable bonds is 5. The van der Waals surface area contributed by atoms with E-state index in [2.05, 4.69) is 11.6 Å². The topological polar surface area (TPSA) is 63.2 Å². The highest BCUT2D eigenvalue weighted by atomic mass is 32.2. The number of carbonyl (C=O) groups excluding carboxylic acids is 1. The normalized spacial score (nSPS) is 23.0. The van der Waals surface area contributed by atoms with Crippen LogP contribution in [0.3, 0.4) is 0 Å². The summed E-state index contributed by atoms with van der Waals surface area (Å²) in [6.07, 6.45) is 5.15. The van der Waals surface area contributed by atoms with Crippen molar-refractivity contribution < 1.29 is 13.2 Å². The van der Waals surface area contributed by atoms with Gasteiger partial charge in [-0.05, 0) is 37.8 Å². The van der Waals surface area contributed by atoms with Crippen LogP contribution in [0.1, 0.15) is 56.3 Å². The van der Waals surface area contributed by atoms with Crippen LogP contribution >= 0.6 is 0 Å². The summed E-state index contributed by atoms with van der Waals surface area (Å²) in [5.41, 5.74) is 0.424. The van der Waals surface area contributed by atoms with Gasteiger partial charge in [0.15, 0.2) is 5.78 Å². The van der Waals surface area contributed by atoms with Gasteiger partial charge in [-0.2, -0.15) is 0 Å². The minimum absolute atomic E-state index is 0.00897. The summed E-state index contributed by atoms with van der Waals surface area (Å²) in [6.45, 7) is 3.59. The Hall–Kier alpha value is -1.20. The summed E-state index contributed by atoms with van der Waals surface area (Å²) >= 11 is 0. The van der Waals surface area contributed by atoms with Gasteiger partial charge >= 0.3 is 0 Å². The van der Waals surface area contributed by atoms with Gasteiger partial charge in [0.1, 0.15) is 0 Å². The Bertz CT molecular complexity index is 610. The zero-order chi connectivity index (χ0) is 15.5. The third kappa shape index (κ3) is 4.14. The molecule has 4 nitrogen and oxygen atoms in total. The maximum absolute atomic E-state index is 12.4. The molecule has 0 saturated heterocycles. The molecule has 1 aromatic carbocycles. The number of hydrogen-bond acceptors (Lipinski definition) is 3. The number of Topliss-reactive ketones (excluding diaryl/α,β-unsaturated/α-hetero) is 1. The van der Waals surface area contributed by atoms with Crippen LogP contribution in [0.15, 0.2) is 29.2 Å². The summed E-state index contributed by atoms with van der Waals surface area (Å²) in [4.78, 5) is 11.6. The predicted molar refractivity (Wildman–Crippen MR) is 82.8 cm³/mol. The van der Waals surface area contributed by atoms with Crippen LogP contribution in [0.5, 0.6) is 0 Å². The van der Waals surface area contributed by atoms with Gasteiger partial charge in [0.25, 0.3) is 0 Å². The molecule has 0 heterocycles. The van der Waals surface area contributed by atoms with E-state index in [4.69, 9.17) is 0 Å². The molecule has 2 unspecified atom stereocenters. The average molecular weight is 309 g/mol. The Morgan fingerprint density at radius 3 is 2.76 bits per heavy atom. The first kappa shape index (κ1) is 16.2. The first-order valence-corrected chi connectivity index (χ1v) is 9.04. The Morgan fingerprint density at radius 1 is 1.33 bits per heavy atom. The molecule has 0 spiro atoms. The lowest BCUT2D eigenvalue weighted by Crippen LogP contribution is -2.38. The van der Waals surface area contributed by atoms with Crippen LogP contribution in [0.4, 0.5) is 0 Å². The van der Waals surface area contributed by atoms with E-state index in [-0.39, 0.29) is 16.7 Å². The first-order chi connectivity index (χ1) is 9.92. The monoisotopic (exact) mass is 309 g/mol. The molecular formula is C16H23NO3S. The van der Waals surface area contributed by atoms with E-state index in [0.29, 0.717) is 11.5 Å². The maximum Gasteiger partial charge on any atom is 0.240 e. The molecule has 2 atom stereocenters. The molecule has 1 aliphatic rings. The van der Waals surface area contributed by atoms with E-state index in [0.717, 1.165) is 25.7 Å². The number of ketones is 1. The molecular weight excluding hydrogens is 286 g/mol. The molecule has 1 fully saturated rings. The zero-order valence-corrected chi connectivity index (χ0v) is 13.4. The molecule has 5 heteroatoms. The van der Waals surface area contributed by atoms with E-state index >= 15 is 0 Å².